The van der Waals surface area contributed by atoms with Gasteiger partial charge in [-0.25, -0.2) is 0 Å². The normalized spacial score (nSPS) is 17.3. The molecule has 0 spiro atoms. The number of rotatable bonds is 6. The Bertz CT molecular complexity index is 278. The van der Waals surface area contributed by atoms with E-state index < -0.39 is 6.04 Å². The van der Waals surface area contributed by atoms with E-state index in [0.29, 0.717) is 45.7 Å². The number of hydrogen-bond donors (Lipinski definition) is 2. The number of nitrogens with one attached hydrogen (secondary N) is 1. The summed E-state index contributed by atoms with van der Waals surface area (Å²) >= 11 is 0. The number of nitrogens with zero attached hydrogens (tertiary/aromatic N) is 1. The average Bonchev–Trinajstić information content (AvgIpc) is 2.39. The summed E-state index contributed by atoms with van der Waals surface area (Å²) in [7, 11) is 0. The van der Waals surface area contributed by atoms with Crippen LogP contribution in [0.4, 0.5) is 0 Å². The molecule has 1 aliphatic heterocycles. The first-order valence-electron chi connectivity index (χ1n) is 6.54. The zero-order valence-electron chi connectivity index (χ0n) is 11.0. The molecule has 6 heteroatoms. The van der Waals surface area contributed by atoms with E-state index in [4.69, 9.17) is 10.5 Å². The molecule has 0 aliphatic carbocycles. The second-order valence-corrected chi connectivity index (χ2v) is 4.43. The summed E-state index contributed by atoms with van der Waals surface area (Å²) in [5.41, 5.74) is 5.66. The second kappa shape index (κ2) is 8.05. The van der Waals surface area contributed by atoms with E-state index in [2.05, 4.69) is 5.32 Å². The van der Waals surface area contributed by atoms with Crippen molar-refractivity contribution in [2.75, 3.05) is 32.8 Å². The van der Waals surface area contributed by atoms with E-state index in [9.17, 15) is 9.59 Å². The zero-order valence-corrected chi connectivity index (χ0v) is 11.0. The van der Waals surface area contributed by atoms with Crippen molar-refractivity contribution in [1.82, 2.24) is 10.2 Å². The maximum atomic E-state index is 11.8. The molecular formula is C12H23N3O3. The number of amides is 2. The van der Waals surface area contributed by atoms with Crippen LogP contribution in [-0.4, -0.2) is 55.6 Å². The lowest BCUT2D eigenvalue weighted by molar-refractivity contribution is -0.135. The summed E-state index contributed by atoms with van der Waals surface area (Å²) in [4.78, 5) is 25.0. The summed E-state index contributed by atoms with van der Waals surface area (Å²) in [5.74, 6) is -0.116. The number of ether oxygens (including phenoxy) is 1. The van der Waals surface area contributed by atoms with Crippen LogP contribution in [0.1, 0.15) is 26.2 Å². The van der Waals surface area contributed by atoms with E-state index in [-0.39, 0.29) is 11.8 Å². The molecule has 1 fully saturated rings. The van der Waals surface area contributed by atoms with Crippen LogP contribution in [0.15, 0.2) is 0 Å². The predicted molar refractivity (Wildman–Crippen MR) is 67.9 cm³/mol. The topological polar surface area (TPSA) is 84.7 Å². The lowest BCUT2D eigenvalue weighted by Gasteiger charge is -2.26. The van der Waals surface area contributed by atoms with Gasteiger partial charge in [-0.3, -0.25) is 9.59 Å². The summed E-state index contributed by atoms with van der Waals surface area (Å²) in [6, 6.07) is -0.464. The fourth-order valence-corrected chi connectivity index (χ4v) is 1.84. The Morgan fingerprint density at radius 3 is 2.67 bits per heavy atom. The largest absolute Gasteiger partial charge is 0.378 e. The average molecular weight is 257 g/mol. The number of nitrogens with two attached hydrogens (primary N) is 1. The lowest BCUT2D eigenvalue weighted by Crippen LogP contribution is -2.44. The van der Waals surface area contributed by atoms with Gasteiger partial charge in [0.25, 0.3) is 0 Å². The summed E-state index contributed by atoms with van der Waals surface area (Å²) in [6.07, 6.45) is 1.87. The Morgan fingerprint density at radius 1 is 1.39 bits per heavy atom. The van der Waals surface area contributed by atoms with Crippen LogP contribution < -0.4 is 11.1 Å². The van der Waals surface area contributed by atoms with Crippen LogP contribution in [0.3, 0.4) is 0 Å². The third-order valence-electron chi connectivity index (χ3n) is 2.94. The Kier molecular flexibility index (Phi) is 6.67. The van der Waals surface area contributed by atoms with Crippen molar-refractivity contribution in [2.45, 2.75) is 32.2 Å². The summed E-state index contributed by atoms with van der Waals surface area (Å²) in [5, 5.41) is 2.69. The van der Waals surface area contributed by atoms with Crippen molar-refractivity contribution in [3.05, 3.63) is 0 Å². The van der Waals surface area contributed by atoms with Crippen LogP contribution in [-0.2, 0) is 14.3 Å². The quantitative estimate of drug-likeness (QED) is 0.670. The zero-order chi connectivity index (χ0) is 13.4. The molecule has 6 nitrogen and oxygen atoms in total. The molecule has 2 amide bonds. The van der Waals surface area contributed by atoms with Gasteiger partial charge in [0, 0.05) is 26.1 Å². The first-order chi connectivity index (χ1) is 8.65. The van der Waals surface area contributed by atoms with Crippen LogP contribution in [0.25, 0.3) is 0 Å². The van der Waals surface area contributed by atoms with Crippen molar-refractivity contribution in [3.63, 3.8) is 0 Å². The molecule has 0 radical (unpaired) electrons. The molecular weight excluding hydrogens is 234 g/mol. The summed E-state index contributed by atoms with van der Waals surface area (Å²) in [6.45, 7) is 4.81. The number of hydrogen-bond acceptors (Lipinski definition) is 4. The molecule has 0 aromatic rings. The molecule has 1 unspecified atom stereocenters. The Labute approximate surface area is 108 Å². The fraction of sp³-hybridized carbons (Fsp3) is 0.833. The van der Waals surface area contributed by atoms with Crippen molar-refractivity contribution in [2.24, 2.45) is 5.73 Å². The van der Waals surface area contributed by atoms with E-state index in [1.54, 1.807) is 4.90 Å². The molecule has 0 saturated carbocycles. The van der Waals surface area contributed by atoms with Gasteiger partial charge in [-0.2, -0.15) is 0 Å². The van der Waals surface area contributed by atoms with E-state index in [1.807, 2.05) is 6.92 Å². The fourth-order valence-electron chi connectivity index (χ4n) is 1.84. The van der Waals surface area contributed by atoms with Crippen molar-refractivity contribution >= 4 is 11.8 Å². The Hall–Kier alpha value is -1.14. The highest BCUT2D eigenvalue weighted by molar-refractivity contribution is 5.82. The lowest BCUT2D eigenvalue weighted by atomic mass is 10.1. The van der Waals surface area contributed by atoms with Gasteiger partial charge in [-0.05, 0) is 6.42 Å². The molecule has 1 atom stereocenters. The van der Waals surface area contributed by atoms with Gasteiger partial charge in [-0.1, -0.05) is 13.3 Å². The first kappa shape index (κ1) is 14.9. The van der Waals surface area contributed by atoms with Gasteiger partial charge in [0.1, 0.15) is 0 Å². The minimum absolute atomic E-state index is 0.0580. The molecule has 0 aromatic heterocycles. The highest BCUT2D eigenvalue weighted by Crippen LogP contribution is 1.99. The molecule has 1 saturated heterocycles. The number of carbonyl (C=O) groups is 2. The molecule has 0 bridgehead atoms. The van der Waals surface area contributed by atoms with Crippen molar-refractivity contribution < 1.29 is 14.3 Å². The van der Waals surface area contributed by atoms with Gasteiger partial charge < -0.3 is 20.7 Å². The number of morpholine rings is 1. The van der Waals surface area contributed by atoms with Gasteiger partial charge in [-0.15, -0.1) is 0 Å². The summed E-state index contributed by atoms with van der Waals surface area (Å²) < 4.78 is 5.17. The second-order valence-electron chi connectivity index (χ2n) is 4.43. The molecule has 1 heterocycles. The number of carbonyl (C=O) groups excluding carboxylic acids is 2. The standard InChI is InChI=1S/C12H23N3O3/c1-2-3-10(13)12(17)14-5-4-11(16)15-6-8-18-9-7-15/h10H,2-9,13H2,1H3,(H,14,17). The van der Waals surface area contributed by atoms with Gasteiger partial charge in [0.2, 0.25) is 11.8 Å². The molecule has 104 valence electrons. The van der Waals surface area contributed by atoms with Crippen LogP contribution in [0, 0.1) is 0 Å². The van der Waals surface area contributed by atoms with Crippen LogP contribution in [0.5, 0.6) is 0 Å². The third-order valence-corrected chi connectivity index (χ3v) is 2.94. The third kappa shape index (κ3) is 5.01. The SMILES string of the molecule is CCCC(N)C(=O)NCCC(=O)N1CCOCC1. The first-order valence-corrected chi connectivity index (χ1v) is 6.54. The van der Waals surface area contributed by atoms with E-state index in [1.165, 1.54) is 0 Å². The molecule has 1 rings (SSSR count). The smallest absolute Gasteiger partial charge is 0.236 e. The van der Waals surface area contributed by atoms with Crippen LogP contribution >= 0.6 is 0 Å². The van der Waals surface area contributed by atoms with Gasteiger partial charge in [0.05, 0.1) is 19.3 Å². The van der Waals surface area contributed by atoms with Crippen LogP contribution in [0.2, 0.25) is 0 Å². The Balaban J connectivity index is 2.16. The monoisotopic (exact) mass is 257 g/mol. The van der Waals surface area contributed by atoms with E-state index >= 15 is 0 Å². The highest BCUT2D eigenvalue weighted by Gasteiger charge is 2.17. The van der Waals surface area contributed by atoms with Gasteiger partial charge >= 0.3 is 0 Å². The Morgan fingerprint density at radius 2 is 2.06 bits per heavy atom. The minimum Gasteiger partial charge on any atom is -0.378 e. The van der Waals surface area contributed by atoms with Gasteiger partial charge in [0.15, 0.2) is 0 Å². The maximum Gasteiger partial charge on any atom is 0.236 e. The van der Waals surface area contributed by atoms with Crippen molar-refractivity contribution in [1.29, 1.82) is 0 Å². The highest BCUT2D eigenvalue weighted by atomic mass is 16.5. The molecule has 18 heavy (non-hydrogen) atoms. The minimum atomic E-state index is -0.464. The van der Waals surface area contributed by atoms with Crippen molar-refractivity contribution in [3.8, 4) is 0 Å². The molecule has 3 N–H and O–H groups in total. The predicted octanol–water partition coefficient (Wildman–Crippen LogP) is -0.521. The molecule has 0 aromatic carbocycles. The maximum absolute atomic E-state index is 11.8. The molecule has 1 aliphatic rings. The van der Waals surface area contributed by atoms with E-state index in [0.717, 1.165) is 6.42 Å².